The number of amides is 2. The van der Waals surface area contributed by atoms with Crippen molar-refractivity contribution in [3.63, 3.8) is 0 Å². The second-order valence-corrected chi connectivity index (χ2v) is 6.61. The number of carbonyl (C=O) groups is 2. The Hall–Kier alpha value is -2.08. The van der Waals surface area contributed by atoms with Gasteiger partial charge < -0.3 is 19.3 Å². The summed E-state index contributed by atoms with van der Waals surface area (Å²) in [5.41, 5.74) is 1.16. The summed E-state index contributed by atoms with van der Waals surface area (Å²) in [4.78, 5) is 28.6. The highest BCUT2D eigenvalue weighted by Crippen LogP contribution is 2.21. The number of piperidine rings is 1. The average molecular weight is 346 g/mol. The normalized spacial score (nSPS) is 21.3. The summed E-state index contributed by atoms with van der Waals surface area (Å²) in [6, 6.07) is 7.89. The molecule has 1 aromatic carbocycles. The molecule has 0 N–H and O–H groups in total. The molecule has 2 heterocycles. The molecule has 2 aliphatic heterocycles. The van der Waals surface area contributed by atoms with Crippen LogP contribution in [0.5, 0.6) is 5.75 Å². The Balaban J connectivity index is 1.54. The van der Waals surface area contributed by atoms with Crippen molar-refractivity contribution in [1.82, 2.24) is 9.80 Å². The highest BCUT2D eigenvalue weighted by atomic mass is 16.5. The van der Waals surface area contributed by atoms with Crippen molar-refractivity contribution in [2.45, 2.75) is 19.3 Å². The van der Waals surface area contributed by atoms with Crippen LogP contribution in [0.1, 0.15) is 18.4 Å². The predicted octanol–water partition coefficient (Wildman–Crippen LogP) is 1.34. The minimum absolute atomic E-state index is 0.0772. The second kappa shape index (κ2) is 8.34. The third-order valence-corrected chi connectivity index (χ3v) is 5.00. The van der Waals surface area contributed by atoms with Gasteiger partial charge in [0.1, 0.15) is 5.75 Å². The Morgan fingerprint density at radius 2 is 1.96 bits per heavy atom. The van der Waals surface area contributed by atoms with Crippen molar-refractivity contribution in [2.24, 2.45) is 5.92 Å². The molecule has 25 heavy (non-hydrogen) atoms. The lowest BCUT2D eigenvalue weighted by molar-refractivity contribution is -0.145. The summed E-state index contributed by atoms with van der Waals surface area (Å²) in [5, 5.41) is 0. The number of hydrogen-bond acceptors (Lipinski definition) is 4. The van der Waals surface area contributed by atoms with Crippen LogP contribution < -0.4 is 4.74 Å². The van der Waals surface area contributed by atoms with Crippen molar-refractivity contribution >= 4 is 11.8 Å². The lowest BCUT2D eigenvalue weighted by atomic mass is 9.95. The molecule has 0 saturated carbocycles. The zero-order chi connectivity index (χ0) is 17.6. The standard InChI is InChI=1S/C19H26N2O4/c1-24-17-5-2-15(3-6-17)8-9-21-14-16(4-7-18(21)22)19(23)20-10-12-25-13-11-20/h2-3,5-6,16H,4,7-14H2,1H3. The van der Waals surface area contributed by atoms with Gasteiger partial charge in [0.25, 0.3) is 0 Å². The van der Waals surface area contributed by atoms with Crippen LogP contribution in [-0.4, -0.2) is 68.1 Å². The van der Waals surface area contributed by atoms with Gasteiger partial charge in [-0.1, -0.05) is 12.1 Å². The van der Waals surface area contributed by atoms with E-state index >= 15 is 0 Å². The van der Waals surface area contributed by atoms with Gasteiger partial charge >= 0.3 is 0 Å². The highest BCUT2D eigenvalue weighted by Gasteiger charge is 2.33. The summed E-state index contributed by atoms with van der Waals surface area (Å²) in [6.07, 6.45) is 1.91. The number of methoxy groups -OCH3 is 1. The lowest BCUT2D eigenvalue weighted by Crippen LogP contribution is -2.50. The van der Waals surface area contributed by atoms with E-state index in [1.807, 2.05) is 34.1 Å². The molecule has 2 fully saturated rings. The maximum Gasteiger partial charge on any atom is 0.227 e. The molecule has 3 rings (SSSR count). The van der Waals surface area contributed by atoms with Crippen molar-refractivity contribution in [2.75, 3.05) is 46.5 Å². The van der Waals surface area contributed by atoms with Crippen molar-refractivity contribution < 1.29 is 19.1 Å². The van der Waals surface area contributed by atoms with Gasteiger partial charge in [-0.2, -0.15) is 0 Å². The molecule has 2 amide bonds. The molecule has 136 valence electrons. The number of rotatable bonds is 5. The van der Waals surface area contributed by atoms with Crippen LogP contribution in [0.4, 0.5) is 0 Å². The fourth-order valence-corrected chi connectivity index (χ4v) is 3.43. The average Bonchev–Trinajstić information content (AvgIpc) is 2.68. The Bertz CT molecular complexity index is 596. The van der Waals surface area contributed by atoms with Crippen LogP contribution in [0.15, 0.2) is 24.3 Å². The molecule has 0 spiro atoms. The molecular formula is C19H26N2O4. The van der Waals surface area contributed by atoms with Gasteiger partial charge in [-0.15, -0.1) is 0 Å². The molecule has 6 nitrogen and oxygen atoms in total. The lowest BCUT2D eigenvalue weighted by Gasteiger charge is -2.36. The van der Waals surface area contributed by atoms with E-state index < -0.39 is 0 Å². The first-order valence-corrected chi connectivity index (χ1v) is 8.94. The number of benzene rings is 1. The zero-order valence-corrected chi connectivity index (χ0v) is 14.8. The van der Waals surface area contributed by atoms with Gasteiger partial charge in [-0.05, 0) is 30.5 Å². The summed E-state index contributed by atoms with van der Waals surface area (Å²) >= 11 is 0. The predicted molar refractivity (Wildman–Crippen MR) is 93.4 cm³/mol. The fourth-order valence-electron chi connectivity index (χ4n) is 3.43. The topological polar surface area (TPSA) is 59.1 Å². The van der Waals surface area contributed by atoms with Gasteiger partial charge in [-0.25, -0.2) is 0 Å². The van der Waals surface area contributed by atoms with Crippen LogP contribution in [-0.2, 0) is 20.7 Å². The Kier molecular flexibility index (Phi) is 5.91. The van der Waals surface area contributed by atoms with Crippen molar-refractivity contribution in [3.05, 3.63) is 29.8 Å². The minimum atomic E-state index is -0.0772. The monoisotopic (exact) mass is 346 g/mol. The van der Waals surface area contributed by atoms with Gasteiger partial charge in [0.15, 0.2) is 0 Å². The Labute approximate surface area is 148 Å². The third kappa shape index (κ3) is 4.51. The van der Waals surface area contributed by atoms with Crippen LogP contribution in [0, 0.1) is 5.92 Å². The molecule has 2 saturated heterocycles. The molecule has 2 aliphatic rings. The summed E-state index contributed by atoms with van der Waals surface area (Å²) in [6.45, 7) is 3.73. The molecule has 1 aromatic rings. The van der Waals surface area contributed by atoms with Crippen molar-refractivity contribution in [3.8, 4) is 5.75 Å². The molecule has 0 radical (unpaired) electrons. The quantitative estimate of drug-likeness (QED) is 0.807. The number of nitrogens with zero attached hydrogens (tertiary/aromatic N) is 2. The van der Waals surface area contributed by atoms with Gasteiger partial charge in [0.2, 0.25) is 11.8 Å². The molecule has 1 atom stereocenters. The first-order chi connectivity index (χ1) is 12.2. The van der Waals surface area contributed by atoms with E-state index in [4.69, 9.17) is 9.47 Å². The van der Waals surface area contributed by atoms with Crippen LogP contribution in [0.3, 0.4) is 0 Å². The largest absolute Gasteiger partial charge is 0.497 e. The first-order valence-electron chi connectivity index (χ1n) is 8.94. The summed E-state index contributed by atoms with van der Waals surface area (Å²) < 4.78 is 10.5. The number of carbonyl (C=O) groups excluding carboxylic acids is 2. The SMILES string of the molecule is COc1ccc(CCN2CC(C(=O)N3CCOCC3)CCC2=O)cc1. The van der Waals surface area contributed by atoms with E-state index in [2.05, 4.69) is 0 Å². The summed E-state index contributed by atoms with van der Waals surface area (Å²) in [5.74, 6) is 1.07. The Morgan fingerprint density at radius 3 is 2.64 bits per heavy atom. The molecule has 0 bridgehead atoms. The summed E-state index contributed by atoms with van der Waals surface area (Å²) in [7, 11) is 1.65. The van der Waals surface area contributed by atoms with Crippen molar-refractivity contribution in [1.29, 1.82) is 0 Å². The molecule has 6 heteroatoms. The van der Waals surface area contributed by atoms with E-state index in [9.17, 15) is 9.59 Å². The first kappa shape index (κ1) is 17.7. The van der Waals surface area contributed by atoms with Crippen LogP contribution >= 0.6 is 0 Å². The van der Waals surface area contributed by atoms with E-state index in [0.717, 1.165) is 17.7 Å². The number of ether oxygens (including phenoxy) is 2. The zero-order valence-electron chi connectivity index (χ0n) is 14.8. The molecule has 1 unspecified atom stereocenters. The van der Waals surface area contributed by atoms with E-state index in [1.54, 1.807) is 7.11 Å². The number of hydrogen-bond donors (Lipinski definition) is 0. The van der Waals surface area contributed by atoms with Crippen LogP contribution in [0.25, 0.3) is 0 Å². The number of likely N-dealkylation sites (tertiary alicyclic amines) is 1. The third-order valence-electron chi connectivity index (χ3n) is 5.00. The minimum Gasteiger partial charge on any atom is -0.497 e. The second-order valence-electron chi connectivity index (χ2n) is 6.61. The van der Waals surface area contributed by atoms with E-state index in [-0.39, 0.29) is 17.7 Å². The van der Waals surface area contributed by atoms with Crippen LogP contribution in [0.2, 0.25) is 0 Å². The van der Waals surface area contributed by atoms with Gasteiger partial charge in [-0.3, -0.25) is 9.59 Å². The van der Waals surface area contributed by atoms with Gasteiger partial charge in [0.05, 0.1) is 26.2 Å². The van der Waals surface area contributed by atoms with E-state index in [0.29, 0.717) is 52.2 Å². The molecule has 0 aliphatic carbocycles. The maximum absolute atomic E-state index is 12.7. The Morgan fingerprint density at radius 1 is 1.24 bits per heavy atom. The highest BCUT2D eigenvalue weighted by molar-refractivity contribution is 5.84. The fraction of sp³-hybridized carbons (Fsp3) is 0.579. The maximum atomic E-state index is 12.7. The smallest absolute Gasteiger partial charge is 0.227 e. The van der Waals surface area contributed by atoms with E-state index in [1.165, 1.54) is 0 Å². The molecular weight excluding hydrogens is 320 g/mol. The number of morpholine rings is 1. The van der Waals surface area contributed by atoms with Gasteiger partial charge in [0, 0.05) is 32.6 Å². The molecule has 0 aromatic heterocycles.